The Kier molecular flexibility index (Phi) is 6.90. The van der Waals surface area contributed by atoms with Crippen molar-refractivity contribution in [3.8, 4) is 11.5 Å². The molecule has 1 amide bonds. The summed E-state index contributed by atoms with van der Waals surface area (Å²) in [6, 6.07) is 8.30. The maximum Gasteiger partial charge on any atom is 0.262 e. The minimum Gasteiger partial charge on any atom is -0.494 e. The molecule has 3 aromatic rings. The summed E-state index contributed by atoms with van der Waals surface area (Å²) in [6.07, 6.45) is 2.80. The average molecular weight is 416 g/mol. The van der Waals surface area contributed by atoms with Crippen LogP contribution in [0.3, 0.4) is 0 Å². The third kappa shape index (κ3) is 5.85. The van der Waals surface area contributed by atoms with E-state index in [1.165, 1.54) is 24.1 Å². The maximum absolute atomic E-state index is 12.2. The largest absolute Gasteiger partial charge is 0.494 e. The van der Waals surface area contributed by atoms with Crippen molar-refractivity contribution in [2.75, 3.05) is 18.5 Å². The van der Waals surface area contributed by atoms with Crippen molar-refractivity contribution in [2.45, 2.75) is 17.8 Å². The van der Waals surface area contributed by atoms with Crippen LogP contribution < -0.4 is 20.2 Å². The molecule has 152 valence electrons. The summed E-state index contributed by atoms with van der Waals surface area (Å²) in [5, 5.41) is 11.1. The predicted molar refractivity (Wildman–Crippen MR) is 107 cm³/mol. The number of carbonyl (C=O) groups is 1. The first-order valence-corrected chi connectivity index (χ1v) is 9.77. The Morgan fingerprint density at radius 3 is 2.72 bits per heavy atom. The van der Waals surface area contributed by atoms with Gasteiger partial charge in [-0.2, -0.15) is 0 Å². The normalized spacial score (nSPS) is 10.6. The molecule has 0 saturated heterocycles. The molecule has 9 nitrogen and oxygen atoms in total. The second-order valence-electron chi connectivity index (χ2n) is 5.88. The van der Waals surface area contributed by atoms with Crippen LogP contribution in [0.4, 0.5) is 5.69 Å². The molecule has 2 heterocycles. The molecule has 0 bridgehead atoms. The molecule has 2 aromatic heterocycles. The molecular formula is C19H20N4O5S. The minimum absolute atomic E-state index is 0.0285. The Hall–Kier alpha value is -3.27. The van der Waals surface area contributed by atoms with Gasteiger partial charge < -0.3 is 23.8 Å². The number of thioether (sulfide) groups is 1. The van der Waals surface area contributed by atoms with Crippen LogP contribution >= 0.6 is 11.8 Å². The molecule has 0 saturated carbocycles. The van der Waals surface area contributed by atoms with E-state index in [2.05, 4.69) is 15.5 Å². The van der Waals surface area contributed by atoms with Crippen molar-refractivity contribution < 1.29 is 18.7 Å². The quantitative estimate of drug-likeness (QED) is 0.530. The molecule has 1 aromatic carbocycles. The fourth-order valence-electron chi connectivity index (χ4n) is 2.30. The number of ether oxygens (including phenoxy) is 2. The molecule has 0 aliphatic carbocycles. The van der Waals surface area contributed by atoms with Crippen molar-refractivity contribution in [2.24, 2.45) is 7.05 Å². The first-order chi connectivity index (χ1) is 14.0. The van der Waals surface area contributed by atoms with E-state index < -0.39 is 5.91 Å². The third-order valence-electron chi connectivity index (χ3n) is 3.67. The smallest absolute Gasteiger partial charge is 0.262 e. The lowest BCUT2D eigenvalue weighted by Gasteiger charge is -2.08. The Morgan fingerprint density at radius 1 is 1.28 bits per heavy atom. The van der Waals surface area contributed by atoms with Gasteiger partial charge >= 0.3 is 0 Å². The minimum atomic E-state index is -0.393. The molecule has 3 rings (SSSR count). The van der Waals surface area contributed by atoms with Crippen molar-refractivity contribution in [3.05, 3.63) is 58.9 Å². The molecule has 0 spiro atoms. The Morgan fingerprint density at radius 2 is 2.07 bits per heavy atom. The number of anilines is 1. The van der Waals surface area contributed by atoms with Crippen molar-refractivity contribution >= 4 is 23.4 Å². The molecule has 0 unspecified atom stereocenters. The fourth-order valence-corrected chi connectivity index (χ4v) is 3.08. The topological polar surface area (TPSA) is 108 Å². The number of nitrogens with zero attached hydrogens (tertiary/aromatic N) is 3. The molecule has 0 aliphatic heterocycles. The Bertz CT molecular complexity index is 1020. The first kappa shape index (κ1) is 20.5. The van der Waals surface area contributed by atoms with Gasteiger partial charge in [0.1, 0.15) is 24.1 Å². The number of aromatic nitrogens is 3. The Balaban J connectivity index is 1.50. The highest BCUT2D eigenvalue weighted by Crippen LogP contribution is 2.20. The zero-order valence-corrected chi connectivity index (χ0v) is 16.8. The van der Waals surface area contributed by atoms with Gasteiger partial charge in [-0.1, -0.05) is 11.8 Å². The van der Waals surface area contributed by atoms with Crippen LogP contribution in [0.15, 0.2) is 57.3 Å². The second kappa shape index (κ2) is 9.78. The van der Waals surface area contributed by atoms with E-state index in [0.717, 1.165) is 5.75 Å². The van der Waals surface area contributed by atoms with Gasteiger partial charge in [-0.25, -0.2) is 0 Å². The van der Waals surface area contributed by atoms with Gasteiger partial charge in [-0.15, -0.1) is 10.2 Å². The maximum atomic E-state index is 12.2. The van der Waals surface area contributed by atoms with Gasteiger partial charge in [0.2, 0.25) is 11.2 Å². The summed E-state index contributed by atoms with van der Waals surface area (Å²) in [5.41, 5.74) is 0.240. The highest BCUT2D eigenvalue weighted by Gasteiger charge is 2.10. The monoisotopic (exact) mass is 416 g/mol. The van der Waals surface area contributed by atoms with Crippen LogP contribution in [0, 0.1) is 0 Å². The number of hydrogen-bond donors (Lipinski definition) is 1. The third-order valence-corrected chi connectivity index (χ3v) is 4.73. The van der Waals surface area contributed by atoms with E-state index in [4.69, 9.17) is 13.9 Å². The molecule has 0 fully saturated rings. The summed E-state index contributed by atoms with van der Waals surface area (Å²) in [6.45, 7) is 2.15. The SMILES string of the molecule is CCOc1ccc(NC(=O)COc2coc(CSc3nncn3C)cc2=O)cc1. The van der Waals surface area contributed by atoms with E-state index in [1.807, 2.05) is 14.0 Å². The van der Waals surface area contributed by atoms with Crippen LogP contribution in [0.25, 0.3) is 0 Å². The van der Waals surface area contributed by atoms with Crippen LogP contribution in [0.5, 0.6) is 11.5 Å². The standard InChI is InChI=1S/C19H20N4O5S/c1-3-26-14-6-4-13(5-7-14)21-18(25)10-28-17-9-27-15(8-16(17)24)11-29-19-22-20-12-23(19)2/h4-9,12H,3,10-11H2,1-2H3,(H,21,25). The molecule has 0 radical (unpaired) electrons. The van der Waals surface area contributed by atoms with Gasteiger partial charge in [0.05, 0.1) is 12.4 Å². The number of carbonyl (C=O) groups excluding carboxylic acids is 1. The van der Waals surface area contributed by atoms with E-state index in [-0.39, 0.29) is 17.8 Å². The zero-order valence-electron chi connectivity index (χ0n) is 16.0. The zero-order chi connectivity index (χ0) is 20.6. The highest BCUT2D eigenvalue weighted by molar-refractivity contribution is 7.98. The number of rotatable bonds is 9. The average Bonchev–Trinajstić information content (AvgIpc) is 3.12. The van der Waals surface area contributed by atoms with Crippen molar-refractivity contribution in [1.82, 2.24) is 14.8 Å². The Labute approximate surface area is 171 Å². The van der Waals surface area contributed by atoms with Crippen molar-refractivity contribution in [1.29, 1.82) is 0 Å². The molecule has 29 heavy (non-hydrogen) atoms. The summed E-state index contributed by atoms with van der Waals surface area (Å²) in [7, 11) is 1.83. The molecular weight excluding hydrogens is 396 g/mol. The number of nitrogens with one attached hydrogen (secondary N) is 1. The number of amides is 1. The molecule has 1 N–H and O–H groups in total. The van der Waals surface area contributed by atoms with Gasteiger partial charge in [-0.05, 0) is 31.2 Å². The molecule has 0 atom stereocenters. The van der Waals surface area contributed by atoms with Crippen molar-refractivity contribution in [3.63, 3.8) is 0 Å². The fraction of sp³-hybridized carbons (Fsp3) is 0.263. The predicted octanol–water partition coefficient (Wildman–Crippen LogP) is 2.48. The summed E-state index contributed by atoms with van der Waals surface area (Å²) < 4.78 is 17.8. The van der Waals surface area contributed by atoms with Gasteiger partial charge in [0, 0.05) is 18.8 Å². The number of benzene rings is 1. The lowest BCUT2D eigenvalue weighted by atomic mass is 10.3. The van der Waals surface area contributed by atoms with Gasteiger partial charge in [0.25, 0.3) is 5.91 Å². The summed E-state index contributed by atoms with van der Waals surface area (Å²) >= 11 is 1.39. The van der Waals surface area contributed by atoms with Gasteiger partial charge in [0.15, 0.2) is 11.8 Å². The molecule has 0 aliphatic rings. The first-order valence-electron chi connectivity index (χ1n) is 8.79. The van der Waals surface area contributed by atoms with E-state index in [9.17, 15) is 9.59 Å². The van der Waals surface area contributed by atoms with Crippen LogP contribution in [-0.4, -0.2) is 33.9 Å². The molecule has 10 heteroatoms. The summed E-state index contributed by atoms with van der Waals surface area (Å²) in [4.78, 5) is 24.2. The number of hydrogen-bond acceptors (Lipinski definition) is 8. The lowest BCUT2D eigenvalue weighted by molar-refractivity contribution is -0.118. The van der Waals surface area contributed by atoms with E-state index in [0.29, 0.717) is 29.0 Å². The lowest BCUT2D eigenvalue weighted by Crippen LogP contribution is -2.22. The van der Waals surface area contributed by atoms with E-state index >= 15 is 0 Å². The second-order valence-corrected chi connectivity index (χ2v) is 6.82. The highest BCUT2D eigenvalue weighted by atomic mass is 32.2. The van der Waals surface area contributed by atoms with Crippen LogP contribution in [0.2, 0.25) is 0 Å². The summed E-state index contributed by atoms with van der Waals surface area (Å²) in [5.74, 6) is 1.18. The van der Waals surface area contributed by atoms with Crippen LogP contribution in [0.1, 0.15) is 12.7 Å². The van der Waals surface area contributed by atoms with Gasteiger partial charge in [-0.3, -0.25) is 9.59 Å². The van der Waals surface area contributed by atoms with E-state index in [1.54, 1.807) is 35.2 Å². The number of aryl methyl sites for hydroxylation is 1. The van der Waals surface area contributed by atoms with Crippen LogP contribution in [-0.2, 0) is 17.6 Å².